The number of amides is 2. The van der Waals surface area contributed by atoms with Gasteiger partial charge in [-0.25, -0.2) is 4.79 Å². The Morgan fingerprint density at radius 1 is 1.07 bits per heavy atom. The van der Waals surface area contributed by atoms with Gasteiger partial charge >= 0.3 is 12.5 Å². The zero-order valence-electron chi connectivity index (χ0n) is 21.7. The summed E-state index contributed by atoms with van der Waals surface area (Å²) in [4.78, 5) is 42.8. The fraction of sp³-hybridized carbons (Fsp3) is 0.542. The number of hydrogen-bond donors (Lipinski definition) is 1. The topological polar surface area (TPSA) is 126 Å². The fourth-order valence-electron chi connectivity index (χ4n) is 4.15. The molecule has 1 aromatic carbocycles. The molecule has 2 amide bonds. The molecule has 16 heteroatoms. The van der Waals surface area contributed by atoms with Gasteiger partial charge in [-0.3, -0.25) is 14.5 Å². The molecule has 0 spiro atoms. The number of piperazine rings is 1. The number of carbonyl (C=O) groups excluding carboxylic acids is 3. The highest BCUT2D eigenvalue weighted by Gasteiger charge is 2.33. The highest BCUT2D eigenvalue weighted by Crippen LogP contribution is 2.32. The number of morpholine rings is 1. The van der Waals surface area contributed by atoms with Gasteiger partial charge in [-0.2, -0.15) is 0 Å². The highest BCUT2D eigenvalue weighted by molar-refractivity contribution is 7.15. The summed E-state index contributed by atoms with van der Waals surface area (Å²) < 4.78 is 53.2. The lowest BCUT2D eigenvalue weighted by atomic mass is 10.1. The molecule has 0 saturated carbocycles. The Balaban J connectivity index is 1.40. The molecule has 3 heterocycles. The Morgan fingerprint density at radius 3 is 2.48 bits per heavy atom. The monoisotopic (exact) mass is 586 g/mol. The molecule has 2 saturated heterocycles. The van der Waals surface area contributed by atoms with E-state index in [0.717, 1.165) is 12.1 Å². The summed E-state index contributed by atoms with van der Waals surface area (Å²) in [6.07, 6.45) is -5.49. The number of anilines is 2. The van der Waals surface area contributed by atoms with Crippen molar-refractivity contribution in [2.24, 2.45) is 0 Å². The lowest BCUT2D eigenvalue weighted by molar-refractivity contribution is -0.274. The molecule has 1 N–H and O–H groups in total. The standard InChI is InChI=1S/C24H29F3N6O6S/c1-2-38-23(36)33-7-5-32(6-8-33)22-30-29-21(40-22)14-18(34)16-3-4-19(39-24(25,26)27)17(13-16)28-20(35)15-31-9-11-37-12-10-31/h3-4,13H,2,5-12,14-15H2,1H3,(H,28,35). The number of halogens is 3. The van der Waals surface area contributed by atoms with Gasteiger partial charge < -0.3 is 29.3 Å². The van der Waals surface area contributed by atoms with E-state index in [0.29, 0.717) is 69.2 Å². The molecule has 218 valence electrons. The molecule has 2 aliphatic rings. The average Bonchev–Trinajstić information content (AvgIpc) is 3.38. The van der Waals surface area contributed by atoms with Crippen molar-refractivity contribution in [3.8, 4) is 5.75 Å². The Labute approximate surface area is 232 Å². The molecule has 2 aromatic rings. The minimum Gasteiger partial charge on any atom is -0.450 e. The normalized spacial score (nSPS) is 16.5. The number of rotatable bonds is 9. The third-order valence-electron chi connectivity index (χ3n) is 6.12. The van der Waals surface area contributed by atoms with Gasteiger partial charge in [0, 0.05) is 44.8 Å². The van der Waals surface area contributed by atoms with E-state index < -0.39 is 23.8 Å². The molecule has 0 atom stereocenters. The molecule has 0 aliphatic carbocycles. The van der Waals surface area contributed by atoms with Crippen molar-refractivity contribution >= 4 is 39.9 Å². The molecule has 2 fully saturated rings. The highest BCUT2D eigenvalue weighted by atomic mass is 32.1. The number of ketones is 1. The van der Waals surface area contributed by atoms with Crippen LogP contribution in [0.15, 0.2) is 18.2 Å². The van der Waals surface area contributed by atoms with Crippen LogP contribution in [0.25, 0.3) is 0 Å². The van der Waals surface area contributed by atoms with Crippen molar-refractivity contribution in [2.75, 3.05) is 75.9 Å². The smallest absolute Gasteiger partial charge is 0.450 e. The second-order valence-electron chi connectivity index (χ2n) is 8.95. The van der Waals surface area contributed by atoms with Gasteiger partial charge in [0.15, 0.2) is 11.5 Å². The summed E-state index contributed by atoms with van der Waals surface area (Å²) in [7, 11) is 0. The summed E-state index contributed by atoms with van der Waals surface area (Å²) >= 11 is 1.22. The van der Waals surface area contributed by atoms with Gasteiger partial charge in [-0.15, -0.1) is 23.4 Å². The molecular weight excluding hydrogens is 557 g/mol. The quantitative estimate of drug-likeness (QED) is 0.438. The molecule has 0 unspecified atom stereocenters. The lowest BCUT2D eigenvalue weighted by Gasteiger charge is -2.33. The summed E-state index contributed by atoms with van der Waals surface area (Å²) in [6.45, 7) is 5.90. The molecule has 4 rings (SSSR count). The number of nitrogens with zero attached hydrogens (tertiary/aromatic N) is 5. The first-order valence-electron chi connectivity index (χ1n) is 12.6. The van der Waals surface area contributed by atoms with Crippen molar-refractivity contribution in [1.82, 2.24) is 20.0 Å². The number of Topliss-reactive ketones (excluding diaryl/α,β-unsaturated/α-hetero) is 1. The largest absolute Gasteiger partial charge is 0.573 e. The van der Waals surface area contributed by atoms with Gasteiger partial charge in [-0.1, -0.05) is 11.3 Å². The van der Waals surface area contributed by atoms with Gasteiger partial charge in [0.05, 0.1) is 38.5 Å². The average molecular weight is 587 g/mol. The number of hydrogen-bond acceptors (Lipinski definition) is 11. The van der Waals surface area contributed by atoms with Crippen LogP contribution in [0.2, 0.25) is 0 Å². The van der Waals surface area contributed by atoms with Crippen LogP contribution in [0.3, 0.4) is 0 Å². The summed E-state index contributed by atoms with van der Waals surface area (Å²) in [5.41, 5.74) is -0.185. The predicted molar refractivity (Wildman–Crippen MR) is 138 cm³/mol. The maximum Gasteiger partial charge on any atom is 0.573 e. The number of nitrogens with one attached hydrogen (secondary N) is 1. The molecular formula is C24H29F3N6O6S. The molecule has 40 heavy (non-hydrogen) atoms. The van der Waals surface area contributed by atoms with Crippen molar-refractivity contribution in [2.45, 2.75) is 19.7 Å². The van der Waals surface area contributed by atoms with Crippen LogP contribution in [0.4, 0.5) is 28.8 Å². The Kier molecular flexibility index (Phi) is 9.76. The van der Waals surface area contributed by atoms with E-state index in [1.807, 2.05) is 9.80 Å². The van der Waals surface area contributed by atoms with Crippen LogP contribution in [-0.2, 0) is 20.7 Å². The minimum absolute atomic E-state index is 0.0470. The van der Waals surface area contributed by atoms with E-state index in [1.54, 1.807) is 11.8 Å². The summed E-state index contributed by atoms with van der Waals surface area (Å²) in [6, 6.07) is 3.37. The maximum atomic E-state index is 13.0. The first-order chi connectivity index (χ1) is 19.1. The third kappa shape index (κ3) is 8.25. The van der Waals surface area contributed by atoms with Gasteiger partial charge in [-0.05, 0) is 25.1 Å². The van der Waals surface area contributed by atoms with Crippen molar-refractivity contribution in [1.29, 1.82) is 0 Å². The third-order valence-corrected chi connectivity index (χ3v) is 7.10. The van der Waals surface area contributed by atoms with Crippen LogP contribution in [0.1, 0.15) is 22.3 Å². The van der Waals surface area contributed by atoms with Crippen molar-refractivity contribution < 1.29 is 41.8 Å². The second kappa shape index (κ2) is 13.2. The number of carbonyl (C=O) groups is 3. The summed E-state index contributed by atoms with van der Waals surface area (Å²) in [5.74, 6) is -1.59. The predicted octanol–water partition coefficient (Wildman–Crippen LogP) is 2.41. The van der Waals surface area contributed by atoms with Crippen molar-refractivity contribution in [3.63, 3.8) is 0 Å². The van der Waals surface area contributed by atoms with Crippen LogP contribution in [0, 0.1) is 0 Å². The molecule has 0 radical (unpaired) electrons. The van der Waals surface area contributed by atoms with Gasteiger partial charge in [0.1, 0.15) is 5.01 Å². The SMILES string of the molecule is CCOC(=O)N1CCN(c2nnc(CC(=O)c3ccc(OC(F)(F)F)c(NC(=O)CN4CCOCC4)c3)s2)CC1. The van der Waals surface area contributed by atoms with E-state index in [-0.39, 0.29) is 30.3 Å². The number of ether oxygens (including phenoxy) is 3. The Morgan fingerprint density at radius 2 is 1.80 bits per heavy atom. The van der Waals surface area contributed by atoms with E-state index in [1.165, 1.54) is 17.4 Å². The first-order valence-corrected chi connectivity index (χ1v) is 13.4. The molecule has 1 aromatic heterocycles. The molecule has 0 bridgehead atoms. The molecule has 2 aliphatic heterocycles. The van der Waals surface area contributed by atoms with Gasteiger partial charge in [0.2, 0.25) is 11.0 Å². The second-order valence-corrected chi connectivity index (χ2v) is 9.99. The summed E-state index contributed by atoms with van der Waals surface area (Å²) in [5, 5.41) is 11.7. The maximum absolute atomic E-state index is 13.0. The van der Waals surface area contributed by atoms with Crippen LogP contribution in [-0.4, -0.2) is 110 Å². The zero-order chi connectivity index (χ0) is 28.7. The number of aromatic nitrogens is 2. The van der Waals surface area contributed by atoms with Gasteiger partial charge in [0.25, 0.3) is 0 Å². The molecule has 12 nitrogen and oxygen atoms in total. The fourth-order valence-corrected chi connectivity index (χ4v) is 5.03. The number of alkyl halides is 3. The first kappa shape index (κ1) is 29.5. The Bertz CT molecular complexity index is 1200. The van der Waals surface area contributed by atoms with E-state index in [4.69, 9.17) is 9.47 Å². The zero-order valence-corrected chi connectivity index (χ0v) is 22.6. The Hall–Kier alpha value is -3.50. The van der Waals surface area contributed by atoms with E-state index in [9.17, 15) is 27.6 Å². The van der Waals surface area contributed by atoms with Crippen LogP contribution >= 0.6 is 11.3 Å². The van der Waals surface area contributed by atoms with E-state index in [2.05, 4.69) is 20.3 Å². The van der Waals surface area contributed by atoms with E-state index >= 15 is 0 Å². The lowest BCUT2D eigenvalue weighted by Crippen LogP contribution is -2.49. The van der Waals surface area contributed by atoms with Crippen molar-refractivity contribution in [3.05, 3.63) is 28.8 Å². The van der Waals surface area contributed by atoms with Crippen LogP contribution in [0.5, 0.6) is 5.75 Å². The minimum atomic E-state index is -4.99. The van der Waals surface area contributed by atoms with Crippen LogP contribution < -0.4 is 15.0 Å². The number of benzene rings is 1.